The van der Waals surface area contributed by atoms with Crippen LogP contribution in [0.3, 0.4) is 0 Å². The molecule has 1 saturated carbocycles. The number of carbonyl (C=O) groups is 1. The summed E-state index contributed by atoms with van der Waals surface area (Å²) in [5.41, 5.74) is -1.08. The number of carbonyl (C=O) groups excluding carboxylic acids is 1. The van der Waals surface area contributed by atoms with Crippen LogP contribution in [-0.2, 0) is 11.3 Å². The van der Waals surface area contributed by atoms with Gasteiger partial charge in [-0.2, -0.15) is 5.26 Å². The first-order valence-corrected chi connectivity index (χ1v) is 7.56. The Hall–Kier alpha value is -2.20. The van der Waals surface area contributed by atoms with Gasteiger partial charge in [-0.3, -0.25) is 14.2 Å². The fourth-order valence-corrected chi connectivity index (χ4v) is 3.10. The summed E-state index contributed by atoms with van der Waals surface area (Å²) >= 11 is 1.39. The monoisotopic (exact) mass is 302 g/mol. The van der Waals surface area contributed by atoms with E-state index in [0.29, 0.717) is 10.2 Å². The summed E-state index contributed by atoms with van der Waals surface area (Å²) in [6, 6.07) is 3.87. The topological polar surface area (TPSA) is 87.8 Å². The van der Waals surface area contributed by atoms with Crippen LogP contribution in [0.1, 0.15) is 19.8 Å². The molecule has 0 unspecified atom stereocenters. The molecule has 1 atom stereocenters. The van der Waals surface area contributed by atoms with Crippen LogP contribution >= 0.6 is 11.3 Å². The maximum Gasteiger partial charge on any atom is 0.262 e. The molecule has 1 N–H and O–H groups in total. The molecule has 2 aromatic heterocycles. The fraction of sp³-hybridized carbons (Fsp3) is 0.429. The Balaban J connectivity index is 1.79. The van der Waals surface area contributed by atoms with Crippen LogP contribution in [-0.4, -0.2) is 21.0 Å². The third-order valence-electron chi connectivity index (χ3n) is 3.79. The minimum Gasteiger partial charge on any atom is -0.336 e. The van der Waals surface area contributed by atoms with Gasteiger partial charge in [0.2, 0.25) is 5.91 Å². The van der Waals surface area contributed by atoms with Gasteiger partial charge in [0, 0.05) is 0 Å². The van der Waals surface area contributed by atoms with Gasteiger partial charge < -0.3 is 5.32 Å². The Labute approximate surface area is 125 Å². The average Bonchev–Trinajstić information content (AvgIpc) is 3.21. The second-order valence-electron chi connectivity index (χ2n) is 5.45. The molecule has 1 amide bonds. The number of fused-ring (bicyclic) bond motifs is 1. The molecule has 0 spiro atoms. The van der Waals surface area contributed by atoms with Crippen molar-refractivity contribution in [2.45, 2.75) is 31.8 Å². The highest BCUT2D eigenvalue weighted by Gasteiger charge is 2.42. The van der Waals surface area contributed by atoms with E-state index in [-0.39, 0.29) is 23.9 Å². The highest BCUT2D eigenvalue weighted by molar-refractivity contribution is 7.16. The summed E-state index contributed by atoms with van der Waals surface area (Å²) in [4.78, 5) is 29.1. The van der Waals surface area contributed by atoms with Gasteiger partial charge in [0.15, 0.2) is 0 Å². The smallest absolute Gasteiger partial charge is 0.262 e. The number of thiophene rings is 1. The lowest BCUT2D eigenvalue weighted by Gasteiger charge is -2.22. The van der Waals surface area contributed by atoms with Crippen molar-refractivity contribution in [2.75, 3.05) is 0 Å². The zero-order valence-corrected chi connectivity index (χ0v) is 12.3. The lowest BCUT2D eigenvalue weighted by Crippen LogP contribution is -2.48. The maximum absolute atomic E-state index is 12.2. The molecule has 0 aliphatic heterocycles. The number of nitrogens with zero attached hydrogens (tertiary/aromatic N) is 3. The molecule has 108 valence electrons. The zero-order valence-electron chi connectivity index (χ0n) is 11.5. The minimum absolute atomic E-state index is 0.123. The Bertz CT molecular complexity index is 799. The van der Waals surface area contributed by atoms with Crippen LogP contribution in [0.2, 0.25) is 0 Å². The van der Waals surface area contributed by atoms with Crippen molar-refractivity contribution >= 4 is 27.5 Å². The van der Waals surface area contributed by atoms with Crippen LogP contribution < -0.4 is 10.9 Å². The van der Waals surface area contributed by atoms with Crippen molar-refractivity contribution in [3.63, 3.8) is 0 Å². The van der Waals surface area contributed by atoms with Gasteiger partial charge in [0.05, 0.1) is 17.8 Å². The molecular weight excluding hydrogens is 288 g/mol. The van der Waals surface area contributed by atoms with Gasteiger partial charge in [-0.1, -0.05) is 0 Å². The quantitative estimate of drug-likeness (QED) is 0.921. The number of nitriles is 1. The Morgan fingerprint density at radius 2 is 2.43 bits per heavy atom. The maximum atomic E-state index is 12.2. The van der Waals surface area contributed by atoms with Crippen molar-refractivity contribution in [2.24, 2.45) is 5.92 Å². The molecule has 1 aliphatic carbocycles. The van der Waals surface area contributed by atoms with Crippen LogP contribution in [0, 0.1) is 17.2 Å². The lowest BCUT2D eigenvalue weighted by molar-refractivity contribution is -0.123. The van der Waals surface area contributed by atoms with E-state index in [2.05, 4.69) is 16.4 Å². The summed E-state index contributed by atoms with van der Waals surface area (Å²) in [5, 5.41) is 14.3. The van der Waals surface area contributed by atoms with Crippen LogP contribution in [0.5, 0.6) is 0 Å². The van der Waals surface area contributed by atoms with Crippen molar-refractivity contribution in [3.05, 3.63) is 28.1 Å². The van der Waals surface area contributed by atoms with Crippen molar-refractivity contribution in [3.8, 4) is 6.07 Å². The SMILES string of the molecule is C[C@](C#N)(NC(=O)Cn1cnc2sccc2c1=O)C1CC1. The number of hydrogen-bond donors (Lipinski definition) is 1. The molecule has 6 nitrogen and oxygen atoms in total. The fourth-order valence-electron chi connectivity index (χ4n) is 2.37. The summed E-state index contributed by atoms with van der Waals surface area (Å²) in [6.07, 6.45) is 3.28. The van der Waals surface area contributed by atoms with Crippen LogP contribution in [0.15, 0.2) is 22.6 Å². The van der Waals surface area contributed by atoms with E-state index in [1.54, 1.807) is 18.4 Å². The van der Waals surface area contributed by atoms with E-state index >= 15 is 0 Å². The number of amides is 1. The molecule has 0 aromatic carbocycles. The summed E-state index contributed by atoms with van der Waals surface area (Å²) in [5.74, 6) is -0.134. The molecule has 2 aromatic rings. The molecule has 2 heterocycles. The van der Waals surface area contributed by atoms with Gasteiger partial charge >= 0.3 is 0 Å². The first-order valence-electron chi connectivity index (χ1n) is 6.68. The Morgan fingerprint density at radius 1 is 1.67 bits per heavy atom. The number of nitrogens with one attached hydrogen (secondary N) is 1. The van der Waals surface area contributed by atoms with Crippen molar-refractivity contribution < 1.29 is 4.79 Å². The molecule has 3 rings (SSSR count). The predicted octanol–water partition coefficient (Wildman–Crippen LogP) is 1.27. The summed E-state index contributed by atoms with van der Waals surface area (Å²) in [6.45, 7) is 1.60. The largest absolute Gasteiger partial charge is 0.336 e. The first kappa shape index (κ1) is 13.8. The van der Waals surface area contributed by atoms with Gasteiger partial charge in [-0.05, 0) is 37.1 Å². The number of rotatable bonds is 4. The number of hydrogen-bond acceptors (Lipinski definition) is 5. The van der Waals surface area contributed by atoms with Gasteiger partial charge in [0.1, 0.15) is 16.9 Å². The van der Waals surface area contributed by atoms with E-state index in [1.807, 2.05) is 0 Å². The second kappa shape index (κ2) is 4.97. The number of aromatic nitrogens is 2. The third kappa shape index (κ3) is 2.54. The summed E-state index contributed by atoms with van der Waals surface area (Å²) < 4.78 is 1.27. The van der Waals surface area contributed by atoms with E-state index in [1.165, 1.54) is 22.2 Å². The summed E-state index contributed by atoms with van der Waals surface area (Å²) in [7, 11) is 0. The van der Waals surface area contributed by atoms with Gasteiger partial charge in [-0.25, -0.2) is 4.98 Å². The zero-order chi connectivity index (χ0) is 15.0. The van der Waals surface area contributed by atoms with Crippen LogP contribution in [0.25, 0.3) is 10.2 Å². The standard InChI is InChI=1S/C14H14N4O2S/c1-14(7-15,9-2-3-9)17-11(19)6-18-8-16-12-10(13(18)20)4-5-21-12/h4-5,8-9H,2-3,6H2,1H3,(H,17,19)/t14-/m1/s1. The van der Waals surface area contributed by atoms with E-state index < -0.39 is 5.54 Å². The molecule has 0 saturated heterocycles. The van der Waals surface area contributed by atoms with E-state index in [0.717, 1.165) is 12.8 Å². The first-order chi connectivity index (χ1) is 10.0. The lowest BCUT2D eigenvalue weighted by atomic mass is 9.98. The highest BCUT2D eigenvalue weighted by atomic mass is 32.1. The molecule has 21 heavy (non-hydrogen) atoms. The third-order valence-corrected chi connectivity index (χ3v) is 4.61. The normalized spacial score (nSPS) is 17.1. The van der Waals surface area contributed by atoms with Gasteiger partial charge in [0.25, 0.3) is 5.56 Å². The Morgan fingerprint density at radius 3 is 3.10 bits per heavy atom. The minimum atomic E-state index is -0.847. The predicted molar refractivity (Wildman–Crippen MR) is 78.8 cm³/mol. The molecular formula is C14H14N4O2S. The van der Waals surface area contributed by atoms with Gasteiger partial charge in [-0.15, -0.1) is 11.3 Å². The van der Waals surface area contributed by atoms with E-state index in [9.17, 15) is 14.9 Å². The van der Waals surface area contributed by atoms with Crippen molar-refractivity contribution in [1.82, 2.24) is 14.9 Å². The van der Waals surface area contributed by atoms with E-state index in [4.69, 9.17) is 0 Å². The molecule has 1 fully saturated rings. The average molecular weight is 302 g/mol. The second-order valence-corrected chi connectivity index (χ2v) is 6.35. The van der Waals surface area contributed by atoms with Crippen molar-refractivity contribution in [1.29, 1.82) is 5.26 Å². The highest BCUT2D eigenvalue weighted by Crippen LogP contribution is 2.39. The molecule has 0 radical (unpaired) electrons. The molecule has 0 bridgehead atoms. The molecule has 7 heteroatoms. The molecule has 1 aliphatic rings. The van der Waals surface area contributed by atoms with Crippen LogP contribution in [0.4, 0.5) is 0 Å². The Kier molecular flexibility index (Phi) is 3.26.